The highest BCUT2D eigenvalue weighted by Gasteiger charge is 2.20. The number of Topliss-reactive ketones (excluding diaryl/α,β-unsaturated/α-hetero) is 1. The van der Waals surface area contributed by atoms with E-state index in [0.29, 0.717) is 11.5 Å². The standard InChI is InChI=1S/C18H18O7S/c1-23-15-9-8-12(10-16(15)24-2)14(19)11-25-18(20)13-6-4-5-7-17(13)26(3,21)22/h4-10H,11H2,1-3H3. The Morgan fingerprint density at radius 1 is 0.962 bits per heavy atom. The molecule has 0 unspecified atom stereocenters. The molecule has 26 heavy (non-hydrogen) atoms. The predicted octanol–water partition coefficient (Wildman–Crippen LogP) is 2.15. The summed E-state index contributed by atoms with van der Waals surface area (Å²) in [7, 11) is -0.691. The number of methoxy groups -OCH3 is 2. The van der Waals surface area contributed by atoms with E-state index in [1.54, 1.807) is 6.07 Å². The lowest BCUT2D eigenvalue weighted by atomic mass is 10.1. The Hall–Kier alpha value is -2.87. The zero-order chi connectivity index (χ0) is 19.3. The first-order valence-electron chi connectivity index (χ1n) is 7.49. The zero-order valence-electron chi connectivity index (χ0n) is 14.5. The monoisotopic (exact) mass is 378 g/mol. The quantitative estimate of drug-likeness (QED) is 0.538. The number of hydrogen-bond acceptors (Lipinski definition) is 7. The van der Waals surface area contributed by atoms with Gasteiger partial charge < -0.3 is 14.2 Å². The first kappa shape index (κ1) is 19.5. The second-order valence-electron chi connectivity index (χ2n) is 5.34. The molecular formula is C18H18O7S. The number of ketones is 1. The minimum atomic E-state index is -3.60. The largest absolute Gasteiger partial charge is 0.493 e. The lowest BCUT2D eigenvalue weighted by Crippen LogP contribution is -2.16. The summed E-state index contributed by atoms with van der Waals surface area (Å²) < 4.78 is 38.7. The molecule has 0 radical (unpaired) electrons. The summed E-state index contributed by atoms with van der Waals surface area (Å²) in [5.74, 6) is -0.522. The van der Waals surface area contributed by atoms with Gasteiger partial charge in [0.25, 0.3) is 0 Å². The van der Waals surface area contributed by atoms with Crippen molar-refractivity contribution in [2.75, 3.05) is 27.1 Å². The third kappa shape index (κ3) is 4.40. The molecule has 0 aliphatic rings. The summed E-state index contributed by atoms with van der Waals surface area (Å²) in [4.78, 5) is 24.3. The van der Waals surface area contributed by atoms with Crippen LogP contribution in [0.25, 0.3) is 0 Å². The third-order valence-corrected chi connectivity index (χ3v) is 4.70. The van der Waals surface area contributed by atoms with Crippen LogP contribution in [0.3, 0.4) is 0 Å². The van der Waals surface area contributed by atoms with Crippen molar-refractivity contribution in [2.24, 2.45) is 0 Å². The molecule has 2 aromatic rings. The van der Waals surface area contributed by atoms with Crippen LogP contribution in [0.1, 0.15) is 20.7 Å². The van der Waals surface area contributed by atoms with Crippen LogP contribution in [0.15, 0.2) is 47.4 Å². The number of carbonyl (C=O) groups is 2. The fourth-order valence-electron chi connectivity index (χ4n) is 2.26. The van der Waals surface area contributed by atoms with Gasteiger partial charge in [-0.15, -0.1) is 0 Å². The molecule has 0 heterocycles. The predicted molar refractivity (Wildman–Crippen MR) is 93.7 cm³/mol. The molecule has 2 aromatic carbocycles. The molecule has 0 atom stereocenters. The summed E-state index contributed by atoms with van der Waals surface area (Å²) in [5, 5.41) is 0. The number of ether oxygens (including phenoxy) is 3. The first-order valence-corrected chi connectivity index (χ1v) is 9.38. The van der Waals surface area contributed by atoms with Crippen LogP contribution in [0.5, 0.6) is 11.5 Å². The van der Waals surface area contributed by atoms with Gasteiger partial charge in [0.15, 0.2) is 33.7 Å². The lowest BCUT2D eigenvalue weighted by molar-refractivity contribution is 0.0471. The van der Waals surface area contributed by atoms with Crippen molar-refractivity contribution in [1.82, 2.24) is 0 Å². The summed E-state index contributed by atoms with van der Waals surface area (Å²) in [6.45, 7) is -0.535. The molecule has 0 saturated carbocycles. The van der Waals surface area contributed by atoms with Crippen molar-refractivity contribution >= 4 is 21.6 Å². The number of esters is 1. The Bertz CT molecular complexity index is 932. The topological polar surface area (TPSA) is 96.0 Å². The maximum atomic E-state index is 12.2. The SMILES string of the molecule is COc1ccc(C(=O)COC(=O)c2ccccc2S(C)(=O)=O)cc1OC. The number of rotatable bonds is 7. The molecule has 0 N–H and O–H groups in total. The van der Waals surface area contributed by atoms with Crippen molar-refractivity contribution in [1.29, 1.82) is 0 Å². The van der Waals surface area contributed by atoms with Gasteiger partial charge in [0, 0.05) is 11.8 Å². The Morgan fingerprint density at radius 3 is 2.23 bits per heavy atom. The number of benzene rings is 2. The number of carbonyl (C=O) groups excluding carboxylic acids is 2. The summed E-state index contributed by atoms with van der Waals surface area (Å²) >= 11 is 0. The molecule has 0 amide bonds. The highest BCUT2D eigenvalue weighted by molar-refractivity contribution is 7.90. The molecule has 0 saturated heterocycles. The molecule has 7 nitrogen and oxygen atoms in total. The third-order valence-electron chi connectivity index (χ3n) is 3.55. The Balaban J connectivity index is 2.15. The molecular weight excluding hydrogens is 360 g/mol. The van der Waals surface area contributed by atoms with Gasteiger partial charge >= 0.3 is 5.97 Å². The summed E-state index contributed by atoms with van der Waals surface area (Å²) in [6, 6.07) is 10.2. The van der Waals surface area contributed by atoms with Crippen LogP contribution >= 0.6 is 0 Å². The van der Waals surface area contributed by atoms with Crippen LogP contribution in [0, 0.1) is 0 Å². The van der Waals surface area contributed by atoms with Crippen molar-refractivity contribution in [2.45, 2.75) is 4.90 Å². The molecule has 0 aliphatic carbocycles. The maximum absolute atomic E-state index is 12.2. The van der Waals surface area contributed by atoms with E-state index in [2.05, 4.69) is 0 Å². The zero-order valence-corrected chi connectivity index (χ0v) is 15.3. The van der Waals surface area contributed by atoms with E-state index in [1.807, 2.05) is 0 Å². The Kier molecular flexibility index (Phi) is 5.99. The minimum Gasteiger partial charge on any atom is -0.493 e. The summed E-state index contributed by atoms with van der Waals surface area (Å²) in [5.41, 5.74) is 0.155. The fourth-order valence-corrected chi connectivity index (χ4v) is 3.14. The van der Waals surface area contributed by atoms with E-state index >= 15 is 0 Å². The highest BCUT2D eigenvalue weighted by atomic mass is 32.2. The van der Waals surface area contributed by atoms with Gasteiger partial charge in [0.1, 0.15) is 0 Å². The Morgan fingerprint density at radius 2 is 1.62 bits per heavy atom. The number of sulfone groups is 1. The highest BCUT2D eigenvalue weighted by Crippen LogP contribution is 2.27. The van der Waals surface area contributed by atoms with E-state index in [9.17, 15) is 18.0 Å². The molecule has 0 aliphatic heterocycles. The molecule has 138 valence electrons. The van der Waals surface area contributed by atoms with Crippen molar-refractivity contribution in [3.8, 4) is 11.5 Å². The molecule has 0 fully saturated rings. The van der Waals surface area contributed by atoms with Crippen molar-refractivity contribution in [3.05, 3.63) is 53.6 Å². The van der Waals surface area contributed by atoms with Gasteiger partial charge in [0.2, 0.25) is 0 Å². The molecule has 0 spiro atoms. The van der Waals surface area contributed by atoms with Crippen LogP contribution in [0.2, 0.25) is 0 Å². The van der Waals surface area contributed by atoms with E-state index in [-0.39, 0.29) is 16.0 Å². The van der Waals surface area contributed by atoms with E-state index in [1.165, 1.54) is 50.6 Å². The van der Waals surface area contributed by atoms with Gasteiger partial charge in [-0.1, -0.05) is 12.1 Å². The van der Waals surface area contributed by atoms with Gasteiger partial charge in [-0.25, -0.2) is 13.2 Å². The smallest absolute Gasteiger partial charge is 0.339 e. The molecule has 0 aromatic heterocycles. The maximum Gasteiger partial charge on any atom is 0.339 e. The molecule has 2 rings (SSSR count). The van der Waals surface area contributed by atoms with Crippen LogP contribution in [-0.4, -0.2) is 47.3 Å². The van der Waals surface area contributed by atoms with E-state index in [0.717, 1.165) is 6.26 Å². The average Bonchev–Trinajstić information content (AvgIpc) is 2.64. The van der Waals surface area contributed by atoms with Crippen LogP contribution in [-0.2, 0) is 14.6 Å². The second kappa shape index (κ2) is 8.01. The summed E-state index contributed by atoms with van der Waals surface area (Å²) in [6.07, 6.45) is 0.994. The van der Waals surface area contributed by atoms with Crippen LogP contribution < -0.4 is 9.47 Å². The second-order valence-corrected chi connectivity index (χ2v) is 7.32. The molecule has 8 heteroatoms. The number of hydrogen-bond donors (Lipinski definition) is 0. The Labute approximate surface area is 151 Å². The van der Waals surface area contributed by atoms with E-state index in [4.69, 9.17) is 14.2 Å². The van der Waals surface area contributed by atoms with Gasteiger partial charge in [-0.05, 0) is 30.3 Å². The lowest BCUT2D eigenvalue weighted by Gasteiger charge is -2.10. The van der Waals surface area contributed by atoms with Gasteiger partial charge in [-0.3, -0.25) is 4.79 Å². The normalized spacial score (nSPS) is 10.9. The van der Waals surface area contributed by atoms with Gasteiger partial charge in [0.05, 0.1) is 24.7 Å². The fraction of sp³-hybridized carbons (Fsp3) is 0.222. The first-order chi connectivity index (χ1) is 12.3. The average molecular weight is 378 g/mol. The van der Waals surface area contributed by atoms with Crippen LogP contribution in [0.4, 0.5) is 0 Å². The minimum absolute atomic E-state index is 0.116. The van der Waals surface area contributed by atoms with Gasteiger partial charge in [-0.2, -0.15) is 0 Å². The molecule has 0 bridgehead atoms. The van der Waals surface area contributed by atoms with Crippen molar-refractivity contribution < 1.29 is 32.2 Å². The van der Waals surface area contributed by atoms with Crippen molar-refractivity contribution in [3.63, 3.8) is 0 Å². The van der Waals surface area contributed by atoms with E-state index < -0.39 is 28.2 Å².